The van der Waals surface area contributed by atoms with Crippen LogP contribution in [0.5, 0.6) is 5.75 Å². The number of benzene rings is 1. The van der Waals surface area contributed by atoms with Crippen LogP contribution in [-0.2, 0) is 77.9 Å². The summed E-state index contributed by atoms with van der Waals surface area (Å²) in [6.45, 7) is 10.9. The quantitative estimate of drug-likeness (QED) is 0.0220. The average molecular weight is 1130 g/mol. The van der Waals surface area contributed by atoms with Crippen molar-refractivity contribution in [3.63, 3.8) is 0 Å². The Morgan fingerprint density at radius 1 is 0.557 bits per heavy atom. The molecule has 0 atom stereocenters. The van der Waals surface area contributed by atoms with Gasteiger partial charge in [-0.05, 0) is 119 Å². The second-order valence-electron chi connectivity index (χ2n) is 21.1. The lowest BCUT2D eigenvalue weighted by atomic mass is 9.69. The molecule has 0 unspecified atom stereocenters. The lowest BCUT2D eigenvalue weighted by Crippen LogP contribution is -2.31. The van der Waals surface area contributed by atoms with Crippen LogP contribution in [0.4, 0.5) is 0 Å². The molecule has 0 N–H and O–H groups in total. The standard InChI is InChI=1S/C59H70N2O16S2/c1-5-48(62)70-30-7-8-31-72-54(66)40-15-11-38(12-16-40)39-13-17-42(18-14-39)56(68)76-46-25-26-47(53-52(46)78-58(79-53)44(33-60)34-61)77-57(69)43-21-19-41(20-22-43)55(67)75-45-23-9-37(10-24-45)29-32-71-50(64)27-28-51(65)74-36-59(3,4)35-73-49(63)6-2/h5-6,9-10,23-24,38-43H,1-2,7-8,11-22,25-32,35-36H2,3-4H3. The molecule has 4 aliphatic carbocycles. The minimum absolute atomic E-state index is 0.00137. The van der Waals surface area contributed by atoms with Crippen molar-refractivity contribution in [3.8, 4) is 17.9 Å². The van der Waals surface area contributed by atoms with Crippen LogP contribution in [0.2, 0.25) is 0 Å². The molecule has 18 nitrogen and oxygen atoms in total. The Morgan fingerprint density at radius 2 is 0.987 bits per heavy atom. The molecule has 0 aromatic heterocycles. The van der Waals surface area contributed by atoms with Gasteiger partial charge in [0.1, 0.15) is 35.0 Å². The highest BCUT2D eigenvalue weighted by Crippen LogP contribution is 2.59. The second-order valence-corrected chi connectivity index (χ2v) is 23.4. The molecule has 1 heterocycles. The van der Waals surface area contributed by atoms with Crippen molar-refractivity contribution in [1.29, 1.82) is 10.5 Å². The first-order chi connectivity index (χ1) is 38.0. The van der Waals surface area contributed by atoms with Gasteiger partial charge in [-0.3, -0.25) is 28.8 Å². The van der Waals surface area contributed by atoms with Gasteiger partial charge in [-0.1, -0.05) is 62.7 Å². The topological polar surface area (TPSA) is 258 Å². The van der Waals surface area contributed by atoms with E-state index in [1.165, 1.54) is 11.8 Å². The summed E-state index contributed by atoms with van der Waals surface area (Å²) in [6, 6.07) is 10.7. The van der Waals surface area contributed by atoms with Gasteiger partial charge in [0.2, 0.25) is 0 Å². The number of unbranched alkanes of at least 4 members (excludes halogenated alkanes) is 1. The summed E-state index contributed by atoms with van der Waals surface area (Å²) in [5.41, 5.74) is 0.118. The fourth-order valence-electron chi connectivity index (χ4n) is 10.1. The molecule has 1 saturated heterocycles. The molecular weight excluding hydrogens is 1060 g/mol. The predicted molar refractivity (Wildman–Crippen MR) is 288 cm³/mol. The molecule has 0 bridgehead atoms. The van der Waals surface area contributed by atoms with Gasteiger partial charge in [-0.25, -0.2) is 9.59 Å². The van der Waals surface area contributed by atoms with Crippen LogP contribution in [0, 0.1) is 63.6 Å². The van der Waals surface area contributed by atoms with E-state index in [4.69, 9.17) is 37.9 Å². The van der Waals surface area contributed by atoms with Crippen molar-refractivity contribution in [3.05, 3.63) is 86.3 Å². The lowest BCUT2D eigenvalue weighted by Gasteiger charge is -2.37. The Bertz CT molecular complexity index is 2600. The SMILES string of the molecule is C=CC(=O)OCCCCOC(=O)C1CCC(C2CCC(C(=O)OC3=C4SC(=C(C#N)C#N)SC4=C(OC(=O)C4CCC(C(=O)Oc5ccc(CCOC(=O)CCC(=O)OCC(C)(C)COC(=O)C=C)cc5)CC4)CC3)CC2)CC1. The van der Waals surface area contributed by atoms with Gasteiger partial charge in [-0.2, -0.15) is 10.5 Å². The number of rotatable bonds is 25. The molecule has 0 amide bonds. The molecule has 3 saturated carbocycles. The molecule has 5 aliphatic rings. The van der Waals surface area contributed by atoms with E-state index in [9.17, 15) is 48.9 Å². The predicted octanol–water partition coefficient (Wildman–Crippen LogP) is 10.3. The summed E-state index contributed by atoms with van der Waals surface area (Å²) in [7, 11) is 0. The largest absolute Gasteiger partial charge is 0.465 e. The van der Waals surface area contributed by atoms with Crippen LogP contribution in [-0.4, -0.2) is 80.8 Å². The number of carbonyl (C=O) groups excluding carboxylic acids is 8. The molecule has 6 rings (SSSR count). The average Bonchev–Trinajstić information content (AvgIpc) is 4.01. The molecular formula is C59H70N2O16S2. The number of nitriles is 2. The van der Waals surface area contributed by atoms with Crippen molar-refractivity contribution in [2.45, 2.75) is 136 Å². The van der Waals surface area contributed by atoms with Crippen LogP contribution in [0.15, 0.2) is 80.7 Å². The van der Waals surface area contributed by atoms with Gasteiger partial charge in [0.05, 0.1) is 83.6 Å². The van der Waals surface area contributed by atoms with E-state index in [0.29, 0.717) is 108 Å². The van der Waals surface area contributed by atoms with E-state index in [0.717, 1.165) is 68.0 Å². The maximum absolute atomic E-state index is 13.7. The van der Waals surface area contributed by atoms with E-state index >= 15 is 0 Å². The number of allylic oxidation sites excluding steroid dienone is 3. The first kappa shape index (κ1) is 61.6. The first-order valence-corrected chi connectivity index (χ1v) is 28.8. The van der Waals surface area contributed by atoms with Gasteiger partial charge in [0, 0.05) is 36.8 Å². The number of hydrogen-bond acceptors (Lipinski definition) is 20. The fraction of sp³-hybridized carbons (Fsp3) is 0.559. The summed E-state index contributed by atoms with van der Waals surface area (Å²) in [5, 5.41) is 19.4. The summed E-state index contributed by atoms with van der Waals surface area (Å²) in [6.07, 6.45) is 12.2. The maximum Gasteiger partial charge on any atom is 0.330 e. The van der Waals surface area contributed by atoms with Gasteiger partial charge in [0.15, 0.2) is 0 Å². The van der Waals surface area contributed by atoms with Crippen molar-refractivity contribution in [1.82, 2.24) is 0 Å². The molecule has 0 radical (unpaired) electrons. The van der Waals surface area contributed by atoms with E-state index < -0.39 is 53.1 Å². The highest BCUT2D eigenvalue weighted by molar-refractivity contribution is 8.29. The van der Waals surface area contributed by atoms with Gasteiger partial charge < -0.3 is 37.9 Å². The smallest absolute Gasteiger partial charge is 0.330 e. The fourth-order valence-corrected chi connectivity index (χ4v) is 12.7. The zero-order chi connectivity index (χ0) is 56.9. The van der Waals surface area contributed by atoms with Gasteiger partial charge in [0.25, 0.3) is 0 Å². The Labute approximate surface area is 470 Å². The van der Waals surface area contributed by atoms with Crippen molar-refractivity contribution in [2.75, 3.05) is 33.0 Å². The van der Waals surface area contributed by atoms with E-state index in [2.05, 4.69) is 13.2 Å². The summed E-state index contributed by atoms with van der Waals surface area (Å²) < 4.78 is 44.3. The first-order valence-electron chi connectivity index (χ1n) is 27.2. The molecule has 0 spiro atoms. The van der Waals surface area contributed by atoms with Crippen molar-refractivity contribution >= 4 is 71.3 Å². The van der Waals surface area contributed by atoms with Crippen LogP contribution < -0.4 is 4.74 Å². The molecule has 1 aliphatic heterocycles. The van der Waals surface area contributed by atoms with Crippen LogP contribution in [0.3, 0.4) is 0 Å². The Kier molecular flexibility index (Phi) is 23.9. The molecule has 1 aromatic rings. The number of carbonyl (C=O) groups is 8. The molecule has 79 heavy (non-hydrogen) atoms. The third kappa shape index (κ3) is 19.0. The molecule has 20 heteroatoms. The van der Waals surface area contributed by atoms with E-state index in [1.807, 2.05) is 12.1 Å². The number of ether oxygens (including phenoxy) is 8. The summed E-state index contributed by atoms with van der Waals surface area (Å²) >= 11 is 2.32. The Balaban J connectivity index is 0.905. The maximum atomic E-state index is 13.7. The van der Waals surface area contributed by atoms with Crippen LogP contribution in [0.25, 0.3) is 0 Å². The minimum atomic E-state index is -0.620. The zero-order valence-electron chi connectivity index (χ0n) is 45.1. The number of fused-ring (bicyclic) bond motifs is 1. The molecule has 1 aromatic carbocycles. The van der Waals surface area contributed by atoms with E-state index in [-0.39, 0.29) is 81.5 Å². The number of esters is 8. The highest BCUT2D eigenvalue weighted by atomic mass is 32.2. The second kappa shape index (κ2) is 30.6. The normalized spacial score (nSPS) is 21.8. The number of thioether (sulfide) groups is 2. The highest BCUT2D eigenvalue weighted by Gasteiger charge is 2.40. The van der Waals surface area contributed by atoms with Gasteiger partial charge in [-0.15, -0.1) is 0 Å². The number of hydrogen-bond donors (Lipinski definition) is 0. The number of nitrogens with zero attached hydrogens (tertiary/aromatic N) is 2. The Morgan fingerprint density at radius 3 is 1.48 bits per heavy atom. The minimum Gasteiger partial charge on any atom is -0.465 e. The zero-order valence-corrected chi connectivity index (χ0v) is 46.7. The third-order valence-electron chi connectivity index (χ3n) is 14.7. The molecule has 424 valence electrons. The van der Waals surface area contributed by atoms with Crippen molar-refractivity contribution < 1.29 is 76.3 Å². The monoisotopic (exact) mass is 1130 g/mol. The van der Waals surface area contributed by atoms with Crippen LogP contribution in [0.1, 0.15) is 135 Å². The summed E-state index contributed by atoms with van der Waals surface area (Å²) in [5.74, 6) is -2.73. The third-order valence-corrected chi connectivity index (χ3v) is 17.4. The Hall–Kier alpha value is -6.64. The van der Waals surface area contributed by atoms with Crippen LogP contribution >= 0.6 is 23.5 Å². The van der Waals surface area contributed by atoms with E-state index in [1.54, 1.807) is 38.1 Å². The summed E-state index contributed by atoms with van der Waals surface area (Å²) in [4.78, 5) is 101. The lowest BCUT2D eigenvalue weighted by molar-refractivity contribution is -0.154. The molecule has 4 fully saturated rings. The van der Waals surface area contributed by atoms with Crippen molar-refractivity contribution in [2.24, 2.45) is 40.9 Å². The van der Waals surface area contributed by atoms with Gasteiger partial charge >= 0.3 is 47.8 Å².